The molecule has 0 spiro atoms. The van der Waals surface area contributed by atoms with Crippen molar-refractivity contribution in [3.8, 4) is 0 Å². The third-order valence-corrected chi connectivity index (χ3v) is 6.37. The van der Waals surface area contributed by atoms with Crippen molar-refractivity contribution in [2.75, 3.05) is 37.6 Å². The van der Waals surface area contributed by atoms with E-state index >= 15 is 0 Å². The highest BCUT2D eigenvalue weighted by molar-refractivity contribution is 5.94. The van der Waals surface area contributed by atoms with Gasteiger partial charge in [-0.05, 0) is 36.6 Å². The van der Waals surface area contributed by atoms with E-state index in [4.69, 9.17) is 0 Å². The normalized spacial score (nSPS) is 24.1. The zero-order chi connectivity index (χ0) is 23.8. The summed E-state index contributed by atoms with van der Waals surface area (Å²) in [7, 11) is 0. The number of pyridine rings is 1. The third kappa shape index (κ3) is 5.54. The van der Waals surface area contributed by atoms with Crippen LogP contribution in [0.15, 0.2) is 30.5 Å². The fourth-order valence-corrected chi connectivity index (χ4v) is 4.83. The Bertz CT molecular complexity index is 1000. The molecule has 0 bridgehead atoms. The molecule has 1 aromatic carbocycles. The van der Waals surface area contributed by atoms with Gasteiger partial charge in [-0.25, -0.2) is 8.78 Å². The number of nitrogens with one attached hydrogen (secondary N) is 1. The number of anilines is 1. The number of likely N-dealkylation sites (tertiary alicyclic amines) is 1. The summed E-state index contributed by atoms with van der Waals surface area (Å²) in [5.41, 5.74) is -0.220. The van der Waals surface area contributed by atoms with Crippen molar-refractivity contribution in [1.82, 2.24) is 15.2 Å². The topological polar surface area (TPSA) is 48.5 Å². The number of alkyl halides is 5. The van der Waals surface area contributed by atoms with Gasteiger partial charge in [0.1, 0.15) is 0 Å². The second-order valence-corrected chi connectivity index (χ2v) is 9.17. The highest BCUT2D eigenvalue weighted by atomic mass is 19.4. The molecule has 1 amide bonds. The Morgan fingerprint density at radius 1 is 1.18 bits per heavy atom. The van der Waals surface area contributed by atoms with E-state index in [2.05, 4.69) is 10.3 Å². The maximum atomic E-state index is 13.4. The van der Waals surface area contributed by atoms with Gasteiger partial charge in [-0.15, -0.1) is 0 Å². The summed E-state index contributed by atoms with van der Waals surface area (Å²) in [4.78, 5) is 20.3. The minimum absolute atomic E-state index is 0.0636. The van der Waals surface area contributed by atoms with Crippen LogP contribution in [0, 0.1) is 5.92 Å². The lowest BCUT2D eigenvalue weighted by Crippen LogP contribution is -2.53. The molecular formula is C23H27F5N4O. The van der Waals surface area contributed by atoms with E-state index in [1.807, 2.05) is 11.8 Å². The number of fused-ring (bicyclic) bond motifs is 1. The molecule has 2 aromatic rings. The Morgan fingerprint density at radius 2 is 1.91 bits per heavy atom. The van der Waals surface area contributed by atoms with Gasteiger partial charge in [-0.2, -0.15) is 13.2 Å². The molecule has 1 N–H and O–H groups in total. The smallest absolute Gasteiger partial charge is 0.369 e. The molecule has 1 aromatic heterocycles. The summed E-state index contributed by atoms with van der Waals surface area (Å²) in [6.07, 6.45) is -2.92. The van der Waals surface area contributed by atoms with Crippen molar-refractivity contribution in [2.45, 2.75) is 44.3 Å². The molecule has 2 fully saturated rings. The maximum absolute atomic E-state index is 13.4. The van der Waals surface area contributed by atoms with Crippen LogP contribution in [0.25, 0.3) is 10.9 Å². The van der Waals surface area contributed by atoms with Gasteiger partial charge in [0.15, 0.2) is 0 Å². The summed E-state index contributed by atoms with van der Waals surface area (Å²) in [5.74, 6) is -2.68. The van der Waals surface area contributed by atoms with Gasteiger partial charge in [-0.1, -0.05) is 6.92 Å². The molecule has 180 valence electrons. The number of halogens is 5. The van der Waals surface area contributed by atoms with Gasteiger partial charge in [0.05, 0.1) is 17.6 Å². The predicted octanol–water partition coefficient (Wildman–Crippen LogP) is 4.32. The summed E-state index contributed by atoms with van der Waals surface area (Å²) in [5, 5.41) is 3.41. The van der Waals surface area contributed by atoms with E-state index in [-0.39, 0.29) is 55.9 Å². The first-order valence-electron chi connectivity index (χ1n) is 11.1. The molecule has 0 aliphatic carbocycles. The molecule has 2 aliphatic heterocycles. The van der Waals surface area contributed by atoms with Crippen molar-refractivity contribution in [1.29, 1.82) is 0 Å². The number of nitrogens with zero attached hydrogens (tertiary/aromatic N) is 3. The number of aromatic nitrogens is 1. The largest absolute Gasteiger partial charge is 0.418 e. The van der Waals surface area contributed by atoms with Crippen LogP contribution in [0.1, 0.15) is 31.7 Å². The highest BCUT2D eigenvalue weighted by Gasteiger charge is 2.36. The molecule has 33 heavy (non-hydrogen) atoms. The summed E-state index contributed by atoms with van der Waals surface area (Å²) < 4.78 is 67.0. The molecule has 0 radical (unpaired) electrons. The average molecular weight is 470 g/mol. The Kier molecular flexibility index (Phi) is 6.48. The van der Waals surface area contributed by atoms with Crippen molar-refractivity contribution in [3.63, 3.8) is 0 Å². The molecule has 2 atom stereocenters. The van der Waals surface area contributed by atoms with Crippen LogP contribution >= 0.6 is 0 Å². The molecule has 5 nitrogen and oxygen atoms in total. The Labute approximate surface area is 188 Å². The zero-order valence-corrected chi connectivity index (χ0v) is 18.3. The van der Waals surface area contributed by atoms with Crippen molar-refractivity contribution >= 4 is 22.5 Å². The molecule has 0 unspecified atom stereocenters. The average Bonchev–Trinajstić information content (AvgIpc) is 2.73. The van der Waals surface area contributed by atoms with Crippen LogP contribution in [-0.2, 0) is 11.0 Å². The fraction of sp³-hybridized carbons (Fsp3) is 0.565. The number of carbonyl (C=O) groups is 1. The van der Waals surface area contributed by atoms with Crippen LogP contribution in [0.4, 0.5) is 27.6 Å². The monoisotopic (exact) mass is 470 g/mol. The van der Waals surface area contributed by atoms with E-state index in [0.29, 0.717) is 24.2 Å². The van der Waals surface area contributed by atoms with Gasteiger partial charge in [0.25, 0.3) is 5.92 Å². The Morgan fingerprint density at radius 3 is 2.61 bits per heavy atom. The van der Waals surface area contributed by atoms with Crippen LogP contribution in [0.5, 0.6) is 0 Å². The van der Waals surface area contributed by atoms with Crippen LogP contribution in [0.2, 0.25) is 0 Å². The SMILES string of the molecule is C[C@H]1C[C@@H](NC(=O)CN2CCC(F)(F)CC2)CN(c2ccc(C(F)(F)F)c3ncccc23)C1. The molecule has 2 saturated heterocycles. The van der Waals surface area contributed by atoms with E-state index in [9.17, 15) is 26.7 Å². The number of hydrogen-bond acceptors (Lipinski definition) is 4. The quantitative estimate of drug-likeness (QED) is 0.677. The van der Waals surface area contributed by atoms with E-state index in [1.54, 1.807) is 17.0 Å². The highest BCUT2D eigenvalue weighted by Crippen LogP contribution is 2.38. The summed E-state index contributed by atoms with van der Waals surface area (Å²) >= 11 is 0. The first-order valence-corrected chi connectivity index (χ1v) is 11.1. The minimum Gasteiger partial charge on any atom is -0.369 e. The lowest BCUT2D eigenvalue weighted by molar-refractivity contribution is -0.136. The zero-order valence-electron chi connectivity index (χ0n) is 18.3. The van der Waals surface area contributed by atoms with Crippen LogP contribution in [0.3, 0.4) is 0 Å². The second-order valence-electron chi connectivity index (χ2n) is 9.17. The molecular weight excluding hydrogens is 443 g/mol. The molecule has 4 rings (SSSR count). The van der Waals surface area contributed by atoms with Gasteiger partial charge in [0.2, 0.25) is 5.91 Å². The van der Waals surface area contributed by atoms with E-state index in [1.165, 1.54) is 12.3 Å². The standard InChI is InChI=1S/C23H27F5N4O/c1-15-11-16(30-20(33)14-31-9-6-22(24,25)7-10-31)13-32(12-15)19-5-4-18(23(26,27)28)21-17(19)3-2-8-29-21/h2-5,8,15-16H,6-7,9-14H2,1H3,(H,30,33)/t15-,16+/m0/s1. The number of amides is 1. The number of benzene rings is 1. The number of piperidine rings is 2. The predicted molar refractivity (Wildman–Crippen MR) is 115 cm³/mol. The molecule has 0 saturated carbocycles. The number of rotatable bonds is 4. The van der Waals surface area contributed by atoms with E-state index in [0.717, 1.165) is 12.5 Å². The van der Waals surface area contributed by atoms with Gasteiger partial charge in [0, 0.05) is 62.3 Å². The molecule has 2 aliphatic rings. The Balaban J connectivity index is 1.47. The maximum Gasteiger partial charge on any atom is 0.418 e. The van der Waals surface area contributed by atoms with Gasteiger partial charge < -0.3 is 10.2 Å². The van der Waals surface area contributed by atoms with Gasteiger partial charge >= 0.3 is 6.18 Å². The summed E-state index contributed by atoms with van der Waals surface area (Å²) in [6, 6.07) is 5.58. The first-order chi connectivity index (χ1) is 15.5. The number of hydrogen-bond donors (Lipinski definition) is 1. The van der Waals surface area contributed by atoms with Crippen LogP contribution in [-0.4, -0.2) is 60.5 Å². The third-order valence-electron chi connectivity index (χ3n) is 6.37. The molecule has 3 heterocycles. The molecule has 10 heteroatoms. The fourth-order valence-electron chi connectivity index (χ4n) is 4.83. The van der Waals surface area contributed by atoms with Crippen molar-refractivity contribution < 1.29 is 26.7 Å². The first kappa shape index (κ1) is 23.7. The second kappa shape index (κ2) is 9.04. The van der Waals surface area contributed by atoms with Crippen LogP contribution < -0.4 is 10.2 Å². The van der Waals surface area contributed by atoms with Gasteiger partial charge in [-0.3, -0.25) is 14.7 Å². The summed E-state index contributed by atoms with van der Waals surface area (Å²) in [6.45, 7) is 3.54. The van der Waals surface area contributed by atoms with Crippen molar-refractivity contribution in [2.24, 2.45) is 5.92 Å². The Hall–Kier alpha value is -2.49. The lowest BCUT2D eigenvalue weighted by Gasteiger charge is -2.39. The minimum atomic E-state index is -4.50. The lowest BCUT2D eigenvalue weighted by atomic mass is 9.94. The number of carbonyl (C=O) groups excluding carboxylic acids is 1. The van der Waals surface area contributed by atoms with E-state index < -0.39 is 17.7 Å². The van der Waals surface area contributed by atoms with Crippen molar-refractivity contribution in [3.05, 3.63) is 36.0 Å².